The molecule has 0 saturated heterocycles. The van der Waals surface area contributed by atoms with Gasteiger partial charge < -0.3 is 4.74 Å². The van der Waals surface area contributed by atoms with Crippen molar-refractivity contribution < 1.29 is 9.13 Å². The highest BCUT2D eigenvalue weighted by Crippen LogP contribution is 2.32. The predicted molar refractivity (Wildman–Crippen MR) is 119 cm³/mol. The summed E-state index contributed by atoms with van der Waals surface area (Å²) in [5, 5.41) is 4.65. The molecule has 3 aromatic heterocycles. The summed E-state index contributed by atoms with van der Waals surface area (Å²) in [5.41, 5.74) is 2.85. The standard InChI is InChI=1S/C24H23FN6O/c1-16-14-30(15-27-16)24-21(32-2)12-17(13-26-24)5-10-22-28-23-20(4-3-11-31(23)29-22)18-6-8-19(25)9-7-18/h5-10,12-15,20H,3-4,11H2,1-2H3. The van der Waals surface area contributed by atoms with Gasteiger partial charge in [0.15, 0.2) is 17.4 Å². The number of halogens is 1. The second-order valence-corrected chi connectivity index (χ2v) is 7.85. The smallest absolute Gasteiger partial charge is 0.180 e. The van der Waals surface area contributed by atoms with Crippen LogP contribution in [0, 0.1) is 12.7 Å². The first-order chi connectivity index (χ1) is 15.6. The second-order valence-electron chi connectivity index (χ2n) is 7.85. The number of hydrogen-bond acceptors (Lipinski definition) is 5. The molecular formula is C24H23FN6O. The molecule has 1 aliphatic heterocycles. The van der Waals surface area contributed by atoms with Crippen LogP contribution in [0.1, 0.15) is 47.2 Å². The molecule has 0 bridgehead atoms. The van der Waals surface area contributed by atoms with Crippen molar-refractivity contribution in [2.75, 3.05) is 7.11 Å². The molecule has 1 unspecified atom stereocenters. The van der Waals surface area contributed by atoms with E-state index in [0.29, 0.717) is 17.4 Å². The highest BCUT2D eigenvalue weighted by molar-refractivity contribution is 5.67. The van der Waals surface area contributed by atoms with Crippen molar-refractivity contribution in [3.8, 4) is 11.6 Å². The van der Waals surface area contributed by atoms with Crippen LogP contribution < -0.4 is 4.74 Å². The van der Waals surface area contributed by atoms with E-state index >= 15 is 0 Å². The van der Waals surface area contributed by atoms with Gasteiger partial charge in [0.2, 0.25) is 0 Å². The van der Waals surface area contributed by atoms with Gasteiger partial charge in [-0.1, -0.05) is 12.1 Å². The minimum atomic E-state index is -0.229. The van der Waals surface area contributed by atoms with E-state index in [1.165, 1.54) is 12.1 Å². The number of pyridine rings is 1. The largest absolute Gasteiger partial charge is 0.493 e. The Morgan fingerprint density at radius 1 is 1.16 bits per heavy atom. The van der Waals surface area contributed by atoms with E-state index in [2.05, 4.69) is 15.1 Å². The summed E-state index contributed by atoms with van der Waals surface area (Å²) in [6.45, 7) is 2.76. The first-order valence-corrected chi connectivity index (χ1v) is 10.5. The van der Waals surface area contributed by atoms with Crippen molar-refractivity contribution in [3.05, 3.63) is 83.3 Å². The summed E-state index contributed by atoms with van der Waals surface area (Å²) in [4.78, 5) is 13.6. The average molecular weight is 430 g/mol. The van der Waals surface area contributed by atoms with Crippen LogP contribution in [0.3, 0.4) is 0 Å². The lowest BCUT2D eigenvalue weighted by Gasteiger charge is -2.22. The zero-order valence-corrected chi connectivity index (χ0v) is 17.9. The van der Waals surface area contributed by atoms with Gasteiger partial charge in [0.25, 0.3) is 0 Å². The van der Waals surface area contributed by atoms with Gasteiger partial charge in [-0.25, -0.2) is 24.0 Å². The number of methoxy groups -OCH3 is 1. The van der Waals surface area contributed by atoms with Crippen LogP contribution in [0.4, 0.5) is 4.39 Å². The van der Waals surface area contributed by atoms with Crippen LogP contribution in [-0.4, -0.2) is 36.4 Å². The van der Waals surface area contributed by atoms with Crippen LogP contribution in [0.15, 0.2) is 49.1 Å². The molecule has 0 fully saturated rings. The molecule has 5 rings (SSSR count). The van der Waals surface area contributed by atoms with E-state index in [4.69, 9.17) is 9.72 Å². The van der Waals surface area contributed by atoms with E-state index in [1.807, 2.05) is 52.7 Å². The van der Waals surface area contributed by atoms with Gasteiger partial charge in [-0.15, -0.1) is 0 Å². The molecule has 1 aromatic carbocycles. The van der Waals surface area contributed by atoms with E-state index in [9.17, 15) is 4.39 Å². The minimum Gasteiger partial charge on any atom is -0.493 e. The number of hydrogen-bond donors (Lipinski definition) is 0. The van der Waals surface area contributed by atoms with E-state index in [0.717, 1.165) is 42.0 Å². The first-order valence-electron chi connectivity index (χ1n) is 10.5. The van der Waals surface area contributed by atoms with Crippen molar-refractivity contribution in [2.45, 2.75) is 32.2 Å². The van der Waals surface area contributed by atoms with Crippen molar-refractivity contribution in [3.63, 3.8) is 0 Å². The van der Waals surface area contributed by atoms with Crippen LogP contribution in [0.25, 0.3) is 18.0 Å². The molecular weight excluding hydrogens is 407 g/mol. The zero-order chi connectivity index (χ0) is 22.1. The topological polar surface area (TPSA) is 70.7 Å². The maximum absolute atomic E-state index is 13.3. The van der Waals surface area contributed by atoms with E-state index in [-0.39, 0.29) is 11.7 Å². The molecule has 1 atom stereocenters. The summed E-state index contributed by atoms with van der Waals surface area (Å²) in [7, 11) is 1.62. The molecule has 8 heteroatoms. The predicted octanol–water partition coefficient (Wildman–Crippen LogP) is 4.41. The molecule has 32 heavy (non-hydrogen) atoms. The Morgan fingerprint density at radius 3 is 2.75 bits per heavy atom. The minimum absolute atomic E-state index is 0.124. The monoisotopic (exact) mass is 430 g/mol. The van der Waals surface area contributed by atoms with Crippen molar-refractivity contribution in [1.82, 2.24) is 29.3 Å². The Bertz CT molecular complexity index is 1270. The van der Waals surface area contributed by atoms with Crippen LogP contribution in [-0.2, 0) is 6.54 Å². The molecule has 0 spiro atoms. The summed E-state index contributed by atoms with van der Waals surface area (Å²) in [6.07, 6.45) is 11.2. The Hall–Kier alpha value is -3.81. The molecule has 0 N–H and O–H groups in total. The molecule has 162 valence electrons. The van der Waals surface area contributed by atoms with E-state index < -0.39 is 0 Å². The number of rotatable bonds is 5. The molecule has 0 saturated carbocycles. The van der Waals surface area contributed by atoms with Gasteiger partial charge in [0, 0.05) is 24.9 Å². The number of aromatic nitrogens is 6. The fourth-order valence-electron chi connectivity index (χ4n) is 4.05. The quantitative estimate of drug-likeness (QED) is 0.469. The van der Waals surface area contributed by atoms with Crippen LogP contribution >= 0.6 is 0 Å². The first kappa shape index (κ1) is 20.1. The zero-order valence-electron chi connectivity index (χ0n) is 17.9. The molecule has 4 aromatic rings. The lowest BCUT2D eigenvalue weighted by Crippen LogP contribution is -2.17. The Kier molecular flexibility index (Phi) is 5.26. The highest BCUT2D eigenvalue weighted by atomic mass is 19.1. The normalized spacial score (nSPS) is 15.8. The Labute approximate surface area is 185 Å². The second kappa shape index (κ2) is 8.37. The van der Waals surface area contributed by atoms with Crippen LogP contribution in [0.5, 0.6) is 5.75 Å². The van der Waals surface area contributed by atoms with Gasteiger partial charge in [-0.2, -0.15) is 5.10 Å². The fourth-order valence-corrected chi connectivity index (χ4v) is 4.05. The Morgan fingerprint density at radius 2 is 2.00 bits per heavy atom. The third-order valence-corrected chi connectivity index (χ3v) is 5.62. The van der Waals surface area contributed by atoms with Crippen LogP contribution in [0.2, 0.25) is 0 Å². The molecule has 7 nitrogen and oxygen atoms in total. The highest BCUT2D eigenvalue weighted by Gasteiger charge is 2.25. The summed E-state index contributed by atoms with van der Waals surface area (Å²) in [5.74, 6) is 2.79. The Balaban J connectivity index is 1.40. The average Bonchev–Trinajstić information content (AvgIpc) is 3.43. The number of aryl methyl sites for hydroxylation is 2. The third-order valence-electron chi connectivity index (χ3n) is 5.62. The number of benzene rings is 1. The lowest BCUT2D eigenvalue weighted by atomic mass is 9.91. The maximum Gasteiger partial charge on any atom is 0.180 e. The fraction of sp³-hybridized carbons (Fsp3) is 0.250. The van der Waals surface area contributed by atoms with Gasteiger partial charge >= 0.3 is 0 Å². The van der Waals surface area contributed by atoms with Crippen molar-refractivity contribution in [1.29, 1.82) is 0 Å². The van der Waals surface area contributed by atoms with Gasteiger partial charge in [-0.05, 0) is 61.2 Å². The third kappa shape index (κ3) is 3.91. The molecule has 4 heterocycles. The molecule has 0 aliphatic carbocycles. The van der Waals surface area contributed by atoms with Gasteiger partial charge in [-0.3, -0.25) is 4.57 Å². The van der Waals surface area contributed by atoms with Gasteiger partial charge in [0.05, 0.1) is 12.8 Å². The number of fused-ring (bicyclic) bond motifs is 1. The maximum atomic E-state index is 13.3. The molecule has 1 aliphatic rings. The summed E-state index contributed by atoms with van der Waals surface area (Å²) < 4.78 is 22.7. The number of imidazole rings is 1. The van der Waals surface area contributed by atoms with Gasteiger partial charge in [0.1, 0.15) is 18.0 Å². The molecule has 0 radical (unpaired) electrons. The molecule has 0 amide bonds. The summed E-state index contributed by atoms with van der Waals surface area (Å²) >= 11 is 0. The number of nitrogens with zero attached hydrogens (tertiary/aromatic N) is 6. The summed E-state index contributed by atoms with van der Waals surface area (Å²) in [6, 6.07) is 8.59. The van der Waals surface area contributed by atoms with Crippen molar-refractivity contribution in [2.24, 2.45) is 0 Å². The number of ether oxygens (including phenoxy) is 1. The lowest BCUT2D eigenvalue weighted by molar-refractivity contribution is 0.410. The van der Waals surface area contributed by atoms with E-state index in [1.54, 1.807) is 19.6 Å². The SMILES string of the molecule is COc1cc(C=Cc2nc3n(n2)CCCC3c2ccc(F)cc2)cnc1-n1cnc(C)c1. The van der Waals surface area contributed by atoms with Crippen molar-refractivity contribution >= 4 is 12.2 Å².